The fourth-order valence-corrected chi connectivity index (χ4v) is 4.08. The smallest absolute Gasteiger partial charge is 0.258 e. The third-order valence-corrected chi connectivity index (χ3v) is 6.29. The lowest BCUT2D eigenvalue weighted by Gasteiger charge is -2.29. The van der Waals surface area contributed by atoms with Gasteiger partial charge in [-0.1, -0.05) is 17.3 Å². The molecule has 10 nitrogen and oxygen atoms in total. The van der Waals surface area contributed by atoms with Crippen molar-refractivity contribution < 1.29 is 23.7 Å². The maximum absolute atomic E-state index is 13.0. The second kappa shape index (κ2) is 10.4. The van der Waals surface area contributed by atoms with E-state index < -0.39 is 5.25 Å². The van der Waals surface area contributed by atoms with Crippen molar-refractivity contribution >= 4 is 58.3 Å². The molecular formula is C24H23N5O5S. The van der Waals surface area contributed by atoms with E-state index in [0.29, 0.717) is 34.2 Å². The first-order valence-corrected chi connectivity index (χ1v) is 11.8. The number of nitrogens with zero attached hydrogens (tertiary/aromatic N) is 2. The highest BCUT2D eigenvalue weighted by Crippen LogP contribution is 2.30. The molecule has 1 aliphatic heterocycles. The molecule has 0 aliphatic carbocycles. The number of amides is 4. The molecule has 0 saturated heterocycles. The summed E-state index contributed by atoms with van der Waals surface area (Å²) in [5.41, 5.74) is 2.11. The molecule has 0 spiro atoms. The van der Waals surface area contributed by atoms with E-state index in [1.165, 1.54) is 16.7 Å². The lowest BCUT2D eigenvalue weighted by atomic mass is 10.1. The van der Waals surface area contributed by atoms with E-state index in [1.54, 1.807) is 68.4 Å². The van der Waals surface area contributed by atoms with Crippen molar-refractivity contribution in [3.8, 4) is 0 Å². The largest absolute Gasteiger partial charge is 0.360 e. The zero-order chi connectivity index (χ0) is 24.9. The van der Waals surface area contributed by atoms with Crippen LogP contribution in [-0.4, -0.2) is 46.3 Å². The average Bonchev–Trinajstić information content (AvgIpc) is 3.26. The van der Waals surface area contributed by atoms with Gasteiger partial charge < -0.3 is 20.5 Å². The number of rotatable bonds is 7. The zero-order valence-electron chi connectivity index (χ0n) is 19.0. The minimum absolute atomic E-state index is 0.0623. The highest BCUT2D eigenvalue weighted by molar-refractivity contribution is 8.01. The van der Waals surface area contributed by atoms with Crippen LogP contribution < -0.4 is 20.9 Å². The van der Waals surface area contributed by atoms with Gasteiger partial charge >= 0.3 is 0 Å². The first-order valence-electron chi connectivity index (χ1n) is 10.8. The lowest BCUT2D eigenvalue weighted by Crippen LogP contribution is -2.42. The van der Waals surface area contributed by atoms with Gasteiger partial charge in [0.2, 0.25) is 17.7 Å². The van der Waals surface area contributed by atoms with Crippen molar-refractivity contribution in [2.24, 2.45) is 0 Å². The van der Waals surface area contributed by atoms with Crippen LogP contribution in [0.25, 0.3) is 0 Å². The van der Waals surface area contributed by atoms with Crippen LogP contribution in [0.3, 0.4) is 0 Å². The molecular weight excluding hydrogens is 470 g/mol. The molecule has 0 saturated carbocycles. The quantitative estimate of drug-likeness (QED) is 0.460. The molecule has 11 heteroatoms. The molecule has 1 atom stereocenters. The Hall–Kier alpha value is -4.12. The van der Waals surface area contributed by atoms with Gasteiger partial charge in [0.25, 0.3) is 5.91 Å². The number of hydrogen-bond acceptors (Lipinski definition) is 7. The summed E-state index contributed by atoms with van der Waals surface area (Å²) in [4.78, 5) is 51.0. The van der Waals surface area contributed by atoms with Gasteiger partial charge in [0.15, 0.2) is 5.82 Å². The Morgan fingerprint density at radius 2 is 1.89 bits per heavy atom. The summed E-state index contributed by atoms with van der Waals surface area (Å²) in [5.74, 6) is -0.182. The second-order valence-corrected chi connectivity index (χ2v) is 9.18. The molecule has 2 aromatic carbocycles. The molecule has 4 rings (SSSR count). The summed E-state index contributed by atoms with van der Waals surface area (Å²) in [6, 6.07) is 15.1. The first kappa shape index (κ1) is 24.0. The molecule has 0 radical (unpaired) electrons. The van der Waals surface area contributed by atoms with E-state index >= 15 is 0 Å². The van der Waals surface area contributed by atoms with Crippen molar-refractivity contribution in [1.29, 1.82) is 0 Å². The van der Waals surface area contributed by atoms with E-state index in [4.69, 9.17) is 4.52 Å². The van der Waals surface area contributed by atoms with Crippen LogP contribution in [0.1, 0.15) is 23.0 Å². The summed E-state index contributed by atoms with van der Waals surface area (Å²) in [7, 11) is 0. The molecule has 0 fully saturated rings. The highest BCUT2D eigenvalue weighted by Gasteiger charge is 2.27. The number of anilines is 4. The van der Waals surface area contributed by atoms with Gasteiger partial charge in [-0.25, -0.2) is 0 Å². The Balaban J connectivity index is 1.30. The maximum Gasteiger partial charge on any atom is 0.258 e. The van der Waals surface area contributed by atoms with E-state index in [9.17, 15) is 19.2 Å². The summed E-state index contributed by atoms with van der Waals surface area (Å²) in [6.45, 7) is 3.34. The van der Waals surface area contributed by atoms with Gasteiger partial charge in [0.1, 0.15) is 12.3 Å². The fourth-order valence-electron chi connectivity index (χ4n) is 3.39. The molecule has 2 heterocycles. The molecule has 1 unspecified atom stereocenters. The van der Waals surface area contributed by atoms with E-state index in [2.05, 4.69) is 21.1 Å². The normalized spacial score (nSPS) is 13.4. The van der Waals surface area contributed by atoms with Crippen molar-refractivity contribution in [3.63, 3.8) is 0 Å². The van der Waals surface area contributed by atoms with Gasteiger partial charge in [0.05, 0.1) is 22.4 Å². The molecule has 4 amide bonds. The zero-order valence-corrected chi connectivity index (χ0v) is 19.8. The fraction of sp³-hybridized carbons (Fsp3) is 0.208. The van der Waals surface area contributed by atoms with Gasteiger partial charge in [-0.3, -0.25) is 24.1 Å². The van der Waals surface area contributed by atoms with Crippen molar-refractivity contribution in [1.82, 2.24) is 5.16 Å². The molecule has 1 aliphatic rings. The monoisotopic (exact) mass is 493 g/mol. The standard InChI is InChI=1S/C24H23N5O5S/c1-14-11-20(28-34-14)27-23(32)15(2)35-13-22(31)25-17-9-7-16(8-10-17)24(33)29-12-21(30)26-18-5-3-4-6-19(18)29/h3-11,15H,12-13H2,1-2H3,(H,25,31)(H,26,30)(H,27,28,32). The Morgan fingerprint density at radius 1 is 1.14 bits per heavy atom. The number of carbonyl (C=O) groups excluding carboxylic acids is 4. The third kappa shape index (κ3) is 5.87. The number of fused-ring (bicyclic) bond motifs is 1. The number of aryl methyl sites for hydroxylation is 1. The van der Waals surface area contributed by atoms with Crippen LogP contribution in [-0.2, 0) is 14.4 Å². The van der Waals surface area contributed by atoms with E-state index in [-0.39, 0.29) is 35.9 Å². The minimum Gasteiger partial charge on any atom is -0.360 e. The first-order chi connectivity index (χ1) is 16.8. The molecule has 3 aromatic rings. The molecule has 180 valence electrons. The maximum atomic E-state index is 13.0. The van der Waals surface area contributed by atoms with Gasteiger partial charge in [-0.2, -0.15) is 0 Å². The van der Waals surface area contributed by atoms with Crippen LogP contribution in [0.2, 0.25) is 0 Å². The van der Waals surface area contributed by atoms with E-state index in [0.717, 1.165) is 0 Å². The summed E-state index contributed by atoms with van der Waals surface area (Å²) < 4.78 is 4.91. The number of aromatic nitrogens is 1. The lowest BCUT2D eigenvalue weighted by molar-refractivity contribution is -0.116. The van der Waals surface area contributed by atoms with Crippen molar-refractivity contribution in [2.75, 3.05) is 33.1 Å². The van der Waals surface area contributed by atoms with Crippen LogP contribution in [0.5, 0.6) is 0 Å². The van der Waals surface area contributed by atoms with Crippen molar-refractivity contribution in [2.45, 2.75) is 19.1 Å². The van der Waals surface area contributed by atoms with Crippen LogP contribution in [0, 0.1) is 6.92 Å². The Bertz CT molecular complexity index is 1270. The number of para-hydroxylation sites is 2. The molecule has 0 bridgehead atoms. The number of thioether (sulfide) groups is 1. The van der Waals surface area contributed by atoms with Gasteiger partial charge in [0, 0.05) is 17.3 Å². The second-order valence-electron chi connectivity index (χ2n) is 7.85. The Labute approximate surface area is 205 Å². The predicted octanol–water partition coefficient (Wildman–Crippen LogP) is 3.28. The number of hydrogen-bond donors (Lipinski definition) is 3. The number of carbonyl (C=O) groups is 4. The summed E-state index contributed by atoms with van der Waals surface area (Å²) >= 11 is 1.18. The highest BCUT2D eigenvalue weighted by atomic mass is 32.2. The number of nitrogens with one attached hydrogen (secondary N) is 3. The molecule has 35 heavy (non-hydrogen) atoms. The minimum atomic E-state index is -0.484. The summed E-state index contributed by atoms with van der Waals surface area (Å²) in [5, 5.41) is 11.4. The number of benzene rings is 2. The van der Waals surface area contributed by atoms with Gasteiger partial charge in [-0.15, -0.1) is 11.8 Å². The Morgan fingerprint density at radius 3 is 2.60 bits per heavy atom. The average molecular weight is 494 g/mol. The molecule has 1 aromatic heterocycles. The SMILES string of the molecule is Cc1cc(NC(=O)C(C)SCC(=O)Nc2ccc(C(=O)N3CC(=O)Nc4ccccc43)cc2)no1. The predicted molar refractivity (Wildman–Crippen MR) is 134 cm³/mol. The van der Waals surface area contributed by atoms with Gasteiger partial charge in [-0.05, 0) is 50.2 Å². The topological polar surface area (TPSA) is 134 Å². The van der Waals surface area contributed by atoms with Crippen LogP contribution >= 0.6 is 11.8 Å². The molecule has 3 N–H and O–H groups in total. The van der Waals surface area contributed by atoms with Crippen molar-refractivity contribution in [3.05, 3.63) is 65.9 Å². The third-order valence-electron chi connectivity index (χ3n) is 5.14. The van der Waals surface area contributed by atoms with Crippen LogP contribution in [0.15, 0.2) is 59.1 Å². The van der Waals surface area contributed by atoms with Crippen LogP contribution in [0.4, 0.5) is 22.9 Å². The Kier molecular flexibility index (Phi) is 7.16. The van der Waals surface area contributed by atoms with E-state index in [1.807, 2.05) is 0 Å². The summed E-state index contributed by atoms with van der Waals surface area (Å²) in [6.07, 6.45) is 0.